The van der Waals surface area contributed by atoms with Crippen molar-refractivity contribution >= 4 is 5.69 Å². The van der Waals surface area contributed by atoms with Crippen molar-refractivity contribution in [3.8, 4) is 12.3 Å². The summed E-state index contributed by atoms with van der Waals surface area (Å²) >= 11 is 0. The van der Waals surface area contributed by atoms with Gasteiger partial charge >= 0.3 is 0 Å². The lowest BCUT2D eigenvalue weighted by atomic mass is 10.0. The van der Waals surface area contributed by atoms with Gasteiger partial charge in [-0.05, 0) is 43.0 Å². The van der Waals surface area contributed by atoms with Gasteiger partial charge in [-0.2, -0.15) is 0 Å². The quantitative estimate of drug-likeness (QED) is 0.424. The van der Waals surface area contributed by atoms with Crippen LogP contribution in [-0.4, -0.2) is 0 Å². The van der Waals surface area contributed by atoms with Crippen molar-refractivity contribution < 1.29 is 0 Å². The topological polar surface area (TPSA) is 26.0 Å². The molecule has 0 spiro atoms. The molecular formula is C12H15N. The van der Waals surface area contributed by atoms with E-state index in [1.807, 2.05) is 12.1 Å². The number of terminal acetylenes is 1. The number of rotatable bonds is 3. The predicted octanol–water partition coefficient (Wildman–Crippen LogP) is 2.53. The fourth-order valence-corrected chi connectivity index (χ4v) is 1.34. The van der Waals surface area contributed by atoms with Crippen LogP contribution >= 0.6 is 0 Å². The molecule has 0 saturated carbocycles. The Morgan fingerprint density at radius 1 is 1.46 bits per heavy atom. The van der Waals surface area contributed by atoms with Gasteiger partial charge in [0.2, 0.25) is 0 Å². The zero-order valence-corrected chi connectivity index (χ0v) is 8.01. The summed E-state index contributed by atoms with van der Waals surface area (Å²) in [5.74, 6) is 2.64. The number of unbranched alkanes of at least 4 members (excludes halogenated alkanes) is 1. The van der Waals surface area contributed by atoms with Crippen molar-refractivity contribution in [1.29, 1.82) is 0 Å². The zero-order valence-electron chi connectivity index (χ0n) is 8.01. The smallest absolute Gasteiger partial charge is 0.0316 e. The van der Waals surface area contributed by atoms with Crippen LogP contribution in [-0.2, 0) is 6.42 Å². The normalized spacial score (nSPS) is 9.54. The van der Waals surface area contributed by atoms with Crippen LogP contribution in [0.4, 0.5) is 5.69 Å². The van der Waals surface area contributed by atoms with Gasteiger partial charge in [0.1, 0.15) is 0 Å². The van der Waals surface area contributed by atoms with Crippen molar-refractivity contribution in [2.45, 2.75) is 26.2 Å². The van der Waals surface area contributed by atoms with Crippen molar-refractivity contribution in [2.75, 3.05) is 5.73 Å². The number of hydrogen-bond donors (Lipinski definition) is 1. The lowest BCUT2D eigenvalue weighted by molar-refractivity contribution is 0.853. The van der Waals surface area contributed by atoms with Crippen LogP contribution in [0.25, 0.3) is 0 Å². The number of anilines is 1. The second-order valence-electron chi connectivity index (χ2n) is 3.24. The third-order valence-corrected chi connectivity index (χ3v) is 2.14. The first kappa shape index (κ1) is 9.67. The molecule has 0 atom stereocenters. The minimum Gasteiger partial charge on any atom is -0.399 e. The first-order valence-electron chi connectivity index (χ1n) is 4.52. The van der Waals surface area contributed by atoms with Crippen molar-refractivity contribution in [3.63, 3.8) is 0 Å². The first-order chi connectivity index (χ1) is 6.24. The number of hydrogen-bond acceptors (Lipinski definition) is 1. The molecule has 0 amide bonds. The molecule has 0 bridgehead atoms. The molecule has 13 heavy (non-hydrogen) atoms. The van der Waals surface area contributed by atoms with E-state index in [2.05, 4.69) is 18.9 Å². The molecule has 0 fully saturated rings. The highest BCUT2D eigenvalue weighted by atomic mass is 14.5. The molecule has 2 N–H and O–H groups in total. The first-order valence-corrected chi connectivity index (χ1v) is 4.52. The minimum absolute atomic E-state index is 0.835. The molecule has 0 heterocycles. The fourth-order valence-electron chi connectivity index (χ4n) is 1.34. The van der Waals surface area contributed by atoms with E-state index in [1.165, 1.54) is 11.1 Å². The van der Waals surface area contributed by atoms with E-state index in [0.29, 0.717) is 0 Å². The molecule has 1 heteroatoms. The van der Waals surface area contributed by atoms with Crippen LogP contribution in [0.15, 0.2) is 18.2 Å². The third kappa shape index (κ3) is 2.83. The molecule has 1 nitrogen and oxygen atoms in total. The molecule has 0 aliphatic heterocycles. The Kier molecular flexibility index (Phi) is 3.40. The molecule has 1 rings (SSSR count). The Labute approximate surface area is 80.0 Å². The molecule has 0 unspecified atom stereocenters. The van der Waals surface area contributed by atoms with E-state index in [0.717, 1.165) is 24.9 Å². The summed E-state index contributed by atoms with van der Waals surface area (Å²) in [4.78, 5) is 0. The lowest BCUT2D eigenvalue weighted by Gasteiger charge is -2.05. The Bertz CT molecular complexity index is 320. The summed E-state index contributed by atoms with van der Waals surface area (Å²) in [6.07, 6.45) is 8.10. The molecule has 0 aliphatic rings. The minimum atomic E-state index is 0.835. The molecule has 0 aromatic heterocycles. The van der Waals surface area contributed by atoms with E-state index in [1.54, 1.807) is 0 Å². The van der Waals surface area contributed by atoms with Gasteiger partial charge in [0.15, 0.2) is 0 Å². The number of nitrogen functional groups attached to an aromatic ring is 1. The fraction of sp³-hybridized carbons (Fsp3) is 0.333. The molecule has 0 saturated heterocycles. The van der Waals surface area contributed by atoms with Crippen molar-refractivity contribution in [3.05, 3.63) is 29.3 Å². The van der Waals surface area contributed by atoms with Crippen LogP contribution in [0.2, 0.25) is 0 Å². The van der Waals surface area contributed by atoms with E-state index in [4.69, 9.17) is 12.2 Å². The summed E-state index contributed by atoms with van der Waals surface area (Å²) in [6, 6.07) is 6.02. The van der Waals surface area contributed by atoms with Gasteiger partial charge in [0.25, 0.3) is 0 Å². The Morgan fingerprint density at radius 2 is 2.23 bits per heavy atom. The van der Waals surface area contributed by atoms with Crippen molar-refractivity contribution in [2.24, 2.45) is 0 Å². The predicted molar refractivity (Wildman–Crippen MR) is 57.4 cm³/mol. The molecule has 0 radical (unpaired) electrons. The van der Waals surface area contributed by atoms with E-state index in [9.17, 15) is 0 Å². The van der Waals surface area contributed by atoms with Crippen LogP contribution in [0.1, 0.15) is 24.0 Å². The van der Waals surface area contributed by atoms with E-state index < -0.39 is 0 Å². The van der Waals surface area contributed by atoms with Gasteiger partial charge in [-0.3, -0.25) is 0 Å². The average molecular weight is 173 g/mol. The van der Waals surface area contributed by atoms with Crippen LogP contribution in [0.5, 0.6) is 0 Å². The highest BCUT2D eigenvalue weighted by Gasteiger charge is 1.97. The third-order valence-electron chi connectivity index (χ3n) is 2.14. The highest BCUT2D eigenvalue weighted by molar-refractivity contribution is 5.44. The molecular weight excluding hydrogens is 158 g/mol. The SMILES string of the molecule is C#CCCCc1cc(N)ccc1C. The van der Waals surface area contributed by atoms with Gasteiger partial charge in [-0.25, -0.2) is 0 Å². The number of nitrogens with two attached hydrogens (primary N) is 1. The summed E-state index contributed by atoms with van der Waals surface area (Å²) in [5, 5.41) is 0. The monoisotopic (exact) mass is 173 g/mol. The van der Waals surface area contributed by atoms with E-state index >= 15 is 0 Å². The van der Waals surface area contributed by atoms with Gasteiger partial charge in [-0.15, -0.1) is 12.3 Å². The molecule has 68 valence electrons. The number of benzene rings is 1. The standard InChI is InChI=1S/C12H15N/c1-3-4-5-6-11-9-12(13)8-7-10(11)2/h1,7-9H,4-6,13H2,2H3. The maximum absolute atomic E-state index is 5.69. The average Bonchev–Trinajstić information content (AvgIpc) is 2.11. The Balaban J connectivity index is 2.65. The summed E-state index contributed by atoms with van der Waals surface area (Å²) < 4.78 is 0. The largest absolute Gasteiger partial charge is 0.399 e. The van der Waals surface area contributed by atoms with Crippen LogP contribution < -0.4 is 5.73 Å². The zero-order chi connectivity index (χ0) is 9.68. The van der Waals surface area contributed by atoms with Crippen LogP contribution in [0, 0.1) is 19.3 Å². The molecule has 1 aromatic carbocycles. The maximum Gasteiger partial charge on any atom is 0.0316 e. The highest BCUT2D eigenvalue weighted by Crippen LogP contribution is 2.14. The van der Waals surface area contributed by atoms with Gasteiger partial charge in [-0.1, -0.05) is 6.07 Å². The van der Waals surface area contributed by atoms with Crippen LogP contribution in [0.3, 0.4) is 0 Å². The lowest BCUT2D eigenvalue weighted by Crippen LogP contribution is -1.92. The Hall–Kier alpha value is -1.42. The van der Waals surface area contributed by atoms with Gasteiger partial charge in [0, 0.05) is 12.1 Å². The summed E-state index contributed by atoms with van der Waals surface area (Å²) in [6.45, 7) is 2.10. The molecule has 1 aromatic rings. The summed E-state index contributed by atoms with van der Waals surface area (Å²) in [7, 11) is 0. The van der Waals surface area contributed by atoms with Gasteiger partial charge < -0.3 is 5.73 Å². The number of aryl methyl sites for hydroxylation is 2. The van der Waals surface area contributed by atoms with Gasteiger partial charge in [0.05, 0.1) is 0 Å². The maximum atomic E-state index is 5.69. The molecule has 0 aliphatic carbocycles. The van der Waals surface area contributed by atoms with Crippen molar-refractivity contribution in [1.82, 2.24) is 0 Å². The van der Waals surface area contributed by atoms with E-state index in [-0.39, 0.29) is 0 Å². The second-order valence-corrected chi connectivity index (χ2v) is 3.24. The summed E-state index contributed by atoms with van der Waals surface area (Å²) in [5.41, 5.74) is 9.14. The second kappa shape index (κ2) is 4.57. The Morgan fingerprint density at radius 3 is 2.92 bits per heavy atom.